The van der Waals surface area contributed by atoms with Crippen LogP contribution in [0, 0.1) is 0 Å². The fourth-order valence-electron chi connectivity index (χ4n) is 1.59. The van der Waals surface area contributed by atoms with Crippen molar-refractivity contribution in [2.45, 2.75) is 32.2 Å². The SMILES string of the molecule is CCC(C)(CCCl)NC(=O)c1c(Cl)cccc1Cl. The first-order valence-electron chi connectivity index (χ1n) is 5.76. The largest absolute Gasteiger partial charge is 0.347 e. The second kappa shape index (κ2) is 6.65. The van der Waals surface area contributed by atoms with E-state index in [1.165, 1.54) is 0 Å². The van der Waals surface area contributed by atoms with Gasteiger partial charge in [0.2, 0.25) is 0 Å². The Morgan fingerprint density at radius 1 is 1.33 bits per heavy atom. The van der Waals surface area contributed by atoms with Gasteiger partial charge in [0, 0.05) is 11.4 Å². The third-order valence-electron chi connectivity index (χ3n) is 3.03. The lowest BCUT2D eigenvalue weighted by atomic mass is 9.95. The summed E-state index contributed by atoms with van der Waals surface area (Å²) in [5.74, 6) is 0.223. The van der Waals surface area contributed by atoms with Gasteiger partial charge in [0.15, 0.2) is 0 Å². The summed E-state index contributed by atoms with van der Waals surface area (Å²) in [6, 6.07) is 5.00. The monoisotopic (exact) mass is 307 g/mol. The maximum Gasteiger partial charge on any atom is 0.254 e. The lowest BCUT2D eigenvalue weighted by molar-refractivity contribution is 0.0902. The van der Waals surface area contributed by atoms with E-state index in [4.69, 9.17) is 34.8 Å². The second-order valence-corrected chi connectivity index (χ2v) is 5.60. The number of hydrogen-bond acceptors (Lipinski definition) is 1. The summed E-state index contributed by atoms with van der Waals surface area (Å²) in [4.78, 5) is 12.2. The van der Waals surface area contributed by atoms with Crippen LogP contribution in [0.2, 0.25) is 10.0 Å². The number of carbonyl (C=O) groups is 1. The minimum absolute atomic E-state index is 0.264. The molecule has 0 aliphatic carbocycles. The van der Waals surface area contributed by atoms with Gasteiger partial charge in [0.05, 0.1) is 15.6 Å². The molecule has 0 aliphatic heterocycles. The quantitative estimate of drug-likeness (QED) is 0.796. The van der Waals surface area contributed by atoms with Crippen molar-refractivity contribution in [1.82, 2.24) is 5.32 Å². The van der Waals surface area contributed by atoms with E-state index in [9.17, 15) is 4.79 Å². The number of alkyl halides is 1. The highest BCUT2D eigenvalue weighted by molar-refractivity contribution is 6.39. The Balaban J connectivity index is 2.95. The third kappa shape index (κ3) is 3.78. The molecule has 1 N–H and O–H groups in total. The number of benzene rings is 1. The summed E-state index contributed by atoms with van der Waals surface area (Å²) in [6.07, 6.45) is 1.48. The second-order valence-electron chi connectivity index (χ2n) is 4.40. The van der Waals surface area contributed by atoms with Crippen molar-refractivity contribution in [2.75, 3.05) is 5.88 Å². The molecule has 1 aromatic carbocycles. The van der Waals surface area contributed by atoms with E-state index in [1.54, 1.807) is 18.2 Å². The summed E-state index contributed by atoms with van der Waals surface area (Å²) >= 11 is 17.8. The molecule has 1 unspecified atom stereocenters. The molecule has 0 aliphatic rings. The molecule has 0 aromatic heterocycles. The van der Waals surface area contributed by atoms with Crippen LogP contribution in [-0.2, 0) is 0 Å². The van der Waals surface area contributed by atoms with Gasteiger partial charge in [-0.15, -0.1) is 11.6 Å². The number of rotatable bonds is 5. The van der Waals surface area contributed by atoms with Crippen LogP contribution in [-0.4, -0.2) is 17.3 Å². The maximum atomic E-state index is 12.2. The Labute approximate surface area is 123 Å². The fraction of sp³-hybridized carbons (Fsp3) is 0.462. The van der Waals surface area contributed by atoms with E-state index >= 15 is 0 Å². The summed E-state index contributed by atoms with van der Waals surface area (Å²) < 4.78 is 0. The standard InChI is InChI=1S/C13H16Cl3NO/c1-3-13(2,7-8-14)17-12(18)11-9(15)5-4-6-10(11)16/h4-6H,3,7-8H2,1-2H3,(H,17,18). The van der Waals surface area contributed by atoms with Gasteiger partial charge in [0.25, 0.3) is 5.91 Å². The zero-order chi connectivity index (χ0) is 13.8. The zero-order valence-electron chi connectivity index (χ0n) is 10.4. The van der Waals surface area contributed by atoms with Crippen LogP contribution in [0.1, 0.15) is 37.0 Å². The van der Waals surface area contributed by atoms with Crippen LogP contribution < -0.4 is 5.32 Å². The summed E-state index contributed by atoms with van der Waals surface area (Å²) in [5.41, 5.74) is -0.0310. The number of amides is 1. The average molecular weight is 309 g/mol. The number of carbonyl (C=O) groups excluding carboxylic acids is 1. The van der Waals surface area contributed by atoms with E-state index in [1.807, 2.05) is 13.8 Å². The molecule has 0 bridgehead atoms. The highest BCUT2D eigenvalue weighted by Gasteiger charge is 2.26. The third-order valence-corrected chi connectivity index (χ3v) is 3.85. The highest BCUT2D eigenvalue weighted by Crippen LogP contribution is 2.25. The Kier molecular flexibility index (Phi) is 5.77. The van der Waals surface area contributed by atoms with Crippen molar-refractivity contribution in [3.8, 4) is 0 Å². The topological polar surface area (TPSA) is 29.1 Å². The average Bonchev–Trinajstić information content (AvgIpc) is 2.29. The molecule has 100 valence electrons. The van der Waals surface area contributed by atoms with Gasteiger partial charge in [-0.25, -0.2) is 0 Å². The van der Waals surface area contributed by atoms with E-state index in [2.05, 4.69) is 5.32 Å². The van der Waals surface area contributed by atoms with Gasteiger partial charge in [-0.3, -0.25) is 4.79 Å². The maximum absolute atomic E-state index is 12.2. The van der Waals surface area contributed by atoms with Crippen LogP contribution in [0.15, 0.2) is 18.2 Å². The van der Waals surface area contributed by atoms with Gasteiger partial charge in [-0.05, 0) is 31.9 Å². The van der Waals surface area contributed by atoms with Crippen LogP contribution in [0.25, 0.3) is 0 Å². The molecule has 0 saturated heterocycles. The molecular weight excluding hydrogens is 293 g/mol. The summed E-state index contributed by atoms with van der Waals surface area (Å²) in [7, 11) is 0. The van der Waals surface area contributed by atoms with E-state index in [-0.39, 0.29) is 11.4 Å². The molecule has 1 amide bonds. The van der Waals surface area contributed by atoms with Crippen molar-refractivity contribution >= 4 is 40.7 Å². The predicted octanol–water partition coefficient (Wildman–Crippen LogP) is 4.52. The van der Waals surface area contributed by atoms with Crippen LogP contribution in [0.3, 0.4) is 0 Å². The lowest BCUT2D eigenvalue weighted by Gasteiger charge is -2.29. The van der Waals surface area contributed by atoms with Crippen LogP contribution in [0.5, 0.6) is 0 Å². The van der Waals surface area contributed by atoms with E-state index in [0.717, 1.165) is 6.42 Å². The highest BCUT2D eigenvalue weighted by atomic mass is 35.5. The van der Waals surface area contributed by atoms with Crippen molar-refractivity contribution in [2.24, 2.45) is 0 Å². The zero-order valence-corrected chi connectivity index (χ0v) is 12.7. The molecule has 0 saturated carbocycles. The first-order chi connectivity index (χ1) is 8.43. The molecule has 1 aromatic rings. The first kappa shape index (κ1) is 15.6. The van der Waals surface area contributed by atoms with Crippen molar-refractivity contribution in [1.29, 1.82) is 0 Å². The molecule has 5 heteroatoms. The summed E-state index contributed by atoms with van der Waals surface area (Å²) in [6.45, 7) is 3.96. The molecule has 0 fully saturated rings. The van der Waals surface area contributed by atoms with Gasteiger partial charge >= 0.3 is 0 Å². The smallest absolute Gasteiger partial charge is 0.254 e. The fourth-order valence-corrected chi connectivity index (χ4v) is 2.57. The normalized spacial score (nSPS) is 14.1. The first-order valence-corrected chi connectivity index (χ1v) is 7.05. The summed E-state index contributed by atoms with van der Waals surface area (Å²) in [5, 5.41) is 3.65. The molecular formula is C13H16Cl3NO. The van der Waals surface area contributed by atoms with Gasteiger partial charge in [-0.2, -0.15) is 0 Å². The van der Waals surface area contributed by atoms with Crippen molar-refractivity contribution in [3.05, 3.63) is 33.8 Å². The lowest BCUT2D eigenvalue weighted by Crippen LogP contribution is -2.46. The van der Waals surface area contributed by atoms with Crippen molar-refractivity contribution < 1.29 is 4.79 Å². The molecule has 1 atom stereocenters. The number of nitrogens with one attached hydrogen (secondary N) is 1. The van der Waals surface area contributed by atoms with Crippen molar-refractivity contribution in [3.63, 3.8) is 0 Å². The Morgan fingerprint density at radius 2 is 1.89 bits per heavy atom. The van der Waals surface area contributed by atoms with Crippen LogP contribution in [0.4, 0.5) is 0 Å². The minimum Gasteiger partial charge on any atom is -0.347 e. The van der Waals surface area contributed by atoms with Crippen LogP contribution >= 0.6 is 34.8 Å². The van der Waals surface area contributed by atoms with Gasteiger partial charge in [-0.1, -0.05) is 36.2 Å². The Morgan fingerprint density at radius 3 is 2.33 bits per heavy atom. The van der Waals surface area contributed by atoms with E-state index < -0.39 is 0 Å². The van der Waals surface area contributed by atoms with Gasteiger partial charge < -0.3 is 5.32 Å². The number of hydrogen-bond donors (Lipinski definition) is 1. The van der Waals surface area contributed by atoms with E-state index in [0.29, 0.717) is 27.9 Å². The molecule has 2 nitrogen and oxygen atoms in total. The molecule has 18 heavy (non-hydrogen) atoms. The molecule has 0 spiro atoms. The van der Waals surface area contributed by atoms with Gasteiger partial charge in [0.1, 0.15) is 0 Å². The molecule has 0 radical (unpaired) electrons. The minimum atomic E-state index is -0.346. The Bertz CT molecular complexity index is 416. The predicted molar refractivity (Wildman–Crippen MR) is 78.0 cm³/mol. The Hall–Kier alpha value is -0.440. The molecule has 0 heterocycles. The number of halogens is 3. The molecule has 1 rings (SSSR count).